The highest BCUT2D eigenvalue weighted by molar-refractivity contribution is 7.93. The van der Waals surface area contributed by atoms with E-state index in [0.29, 0.717) is 5.69 Å². The highest BCUT2D eigenvalue weighted by Crippen LogP contribution is 2.33. The van der Waals surface area contributed by atoms with Gasteiger partial charge >= 0.3 is 6.36 Å². The van der Waals surface area contributed by atoms with Gasteiger partial charge in [-0.25, -0.2) is 8.42 Å². The fourth-order valence-corrected chi connectivity index (χ4v) is 3.60. The van der Waals surface area contributed by atoms with Gasteiger partial charge < -0.3 is 4.74 Å². The van der Waals surface area contributed by atoms with Crippen molar-refractivity contribution in [2.75, 3.05) is 10.8 Å². The molecule has 0 aromatic heterocycles. The van der Waals surface area contributed by atoms with E-state index in [0.717, 1.165) is 16.4 Å². The number of nitrogens with zero attached hydrogens (tertiary/aromatic N) is 1. The van der Waals surface area contributed by atoms with Crippen LogP contribution >= 0.6 is 0 Å². The van der Waals surface area contributed by atoms with Crippen molar-refractivity contribution in [3.05, 3.63) is 67.3 Å². The second-order valence-corrected chi connectivity index (χ2v) is 6.49. The SMILES string of the molecule is C=CCN(c1ccccc1)S(=O)(=O)c1ccccc1OC(F)(F)F. The average molecular weight is 357 g/mol. The summed E-state index contributed by atoms with van der Waals surface area (Å²) in [5.74, 6) is -0.782. The van der Waals surface area contributed by atoms with Gasteiger partial charge in [-0.1, -0.05) is 36.4 Å². The molecule has 0 saturated heterocycles. The van der Waals surface area contributed by atoms with Crippen molar-refractivity contribution >= 4 is 15.7 Å². The van der Waals surface area contributed by atoms with Crippen LogP contribution in [0.25, 0.3) is 0 Å². The third kappa shape index (κ3) is 4.08. The zero-order valence-electron chi connectivity index (χ0n) is 12.4. The van der Waals surface area contributed by atoms with Gasteiger partial charge in [0, 0.05) is 0 Å². The molecule has 2 aromatic rings. The van der Waals surface area contributed by atoms with Gasteiger partial charge in [0.25, 0.3) is 10.0 Å². The summed E-state index contributed by atoms with van der Waals surface area (Å²) in [5, 5.41) is 0. The Hall–Kier alpha value is -2.48. The third-order valence-corrected chi connectivity index (χ3v) is 4.82. The van der Waals surface area contributed by atoms with Crippen LogP contribution in [0, 0.1) is 0 Å². The van der Waals surface area contributed by atoms with Crippen molar-refractivity contribution in [1.29, 1.82) is 0 Å². The zero-order chi connectivity index (χ0) is 17.8. The molecule has 0 amide bonds. The standard InChI is InChI=1S/C16H14F3NO3S/c1-2-12-20(13-8-4-3-5-9-13)24(21,22)15-11-7-6-10-14(15)23-16(17,18)19/h2-11H,1,12H2. The van der Waals surface area contributed by atoms with Gasteiger partial charge in [-0.05, 0) is 24.3 Å². The van der Waals surface area contributed by atoms with Crippen LogP contribution in [0.5, 0.6) is 5.75 Å². The number of alkyl halides is 3. The molecule has 24 heavy (non-hydrogen) atoms. The molecular weight excluding hydrogens is 343 g/mol. The Morgan fingerprint density at radius 3 is 2.21 bits per heavy atom. The first-order chi connectivity index (χ1) is 11.3. The molecule has 0 saturated carbocycles. The van der Waals surface area contributed by atoms with Crippen molar-refractivity contribution in [2.45, 2.75) is 11.3 Å². The van der Waals surface area contributed by atoms with E-state index in [1.54, 1.807) is 18.2 Å². The van der Waals surface area contributed by atoms with Crippen LogP contribution in [0.15, 0.2) is 72.1 Å². The number of hydrogen-bond donors (Lipinski definition) is 0. The van der Waals surface area contributed by atoms with Crippen molar-refractivity contribution in [3.8, 4) is 5.75 Å². The maximum Gasteiger partial charge on any atom is 0.573 e. The van der Waals surface area contributed by atoms with E-state index >= 15 is 0 Å². The number of rotatable bonds is 6. The Morgan fingerprint density at radius 1 is 1.04 bits per heavy atom. The van der Waals surface area contributed by atoms with Gasteiger partial charge in [0.05, 0.1) is 12.2 Å². The Balaban J connectivity index is 2.54. The monoisotopic (exact) mass is 357 g/mol. The summed E-state index contributed by atoms with van der Waals surface area (Å²) in [6.07, 6.45) is -3.65. The summed E-state index contributed by atoms with van der Waals surface area (Å²) >= 11 is 0. The van der Waals surface area contributed by atoms with E-state index in [-0.39, 0.29) is 6.54 Å². The number of hydrogen-bond acceptors (Lipinski definition) is 3. The molecule has 8 heteroatoms. The molecule has 0 aliphatic heterocycles. The highest BCUT2D eigenvalue weighted by atomic mass is 32.2. The predicted molar refractivity (Wildman–Crippen MR) is 84.3 cm³/mol. The zero-order valence-corrected chi connectivity index (χ0v) is 13.2. The summed E-state index contributed by atoms with van der Waals surface area (Å²) in [7, 11) is -4.28. The topological polar surface area (TPSA) is 46.6 Å². The minimum atomic E-state index is -5.00. The molecule has 2 aromatic carbocycles. The first-order valence-electron chi connectivity index (χ1n) is 6.79. The molecule has 4 nitrogen and oxygen atoms in total. The Morgan fingerprint density at radius 2 is 1.62 bits per heavy atom. The maximum atomic E-state index is 12.9. The molecule has 0 bridgehead atoms. The van der Waals surface area contributed by atoms with Gasteiger partial charge in [0.15, 0.2) is 0 Å². The number of ether oxygens (including phenoxy) is 1. The van der Waals surface area contributed by atoms with Crippen LogP contribution in [-0.2, 0) is 10.0 Å². The molecule has 0 N–H and O–H groups in total. The Labute approximate surface area is 137 Å². The second kappa shape index (κ2) is 6.96. The van der Waals surface area contributed by atoms with Crippen molar-refractivity contribution in [1.82, 2.24) is 0 Å². The summed E-state index contributed by atoms with van der Waals surface area (Å²) in [5.41, 5.74) is 0.305. The van der Waals surface area contributed by atoms with Gasteiger partial charge in [-0.15, -0.1) is 19.8 Å². The van der Waals surface area contributed by atoms with Gasteiger partial charge in [-0.3, -0.25) is 4.31 Å². The van der Waals surface area contributed by atoms with Crippen LogP contribution in [0.4, 0.5) is 18.9 Å². The van der Waals surface area contributed by atoms with Crippen LogP contribution in [0.1, 0.15) is 0 Å². The predicted octanol–water partition coefficient (Wildman–Crippen LogP) is 3.97. The summed E-state index contributed by atoms with van der Waals surface area (Å²) in [4.78, 5) is -0.576. The highest BCUT2D eigenvalue weighted by Gasteiger charge is 2.35. The van der Waals surface area contributed by atoms with Crippen molar-refractivity contribution in [3.63, 3.8) is 0 Å². The first kappa shape index (κ1) is 17.9. The van der Waals surface area contributed by atoms with E-state index in [4.69, 9.17) is 0 Å². The normalized spacial score (nSPS) is 11.8. The lowest BCUT2D eigenvalue weighted by molar-refractivity contribution is -0.275. The maximum absolute atomic E-state index is 12.9. The van der Waals surface area contributed by atoms with E-state index in [1.807, 2.05) is 0 Å². The van der Waals surface area contributed by atoms with Crippen LogP contribution in [-0.4, -0.2) is 21.3 Å². The van der Waals surface area contributed by atoms with Crippen LogP contribution in [0.2, 0.25) is 0 Å². The van der Waals surface area contributed by atoms with Crippen LogP contribution < -0.4 is 9.04 Å². The lowest BCUT2D eigenvalue weighted by atomic mass is 10.3. The third-order valence-electron chi connectivity index (χ3n) is 2.98. The number of benzene rings is 2. The molecule has 0 unspecified atom stereocenters. The van der Waals surface area contributed by atoms with E-state index in [9.17, 15) is 21.6 Å². The van der Waals surface area contributed by atoms with E-state index in [2.05, 4.69) is 11.3 Å². The number of anilines is 1. The van der Waals surface area contributed by atoms with E-state index < -0.39 is 27.0 Å². The molecule has 0 spiro atoms. The Kier molecular flexibility index (Phi) is 5.18. The largest absolute Gasteiger partial charge is 0.573 e. The van der Waals surface area contributed by atoms with E-state index in [1.165, 1.54) is 30.3 Å². The molecule has 0 atom stereocenters. The molecule has 2 rings (SSSR count). The fraction of sp³-hybridized carbons (Fsp3) is 0.125. The van der Waals surface area contributed by atoms with Gasteiger partial charge in [-0.2, -0.15) is 0 Å². The molecular formula is C16H14F3NO3S. The molecule has 0 fully saturated rings. The first-order valence-corrected chi connectivity index (χ1v) is 8.23. The Bertz CT molecular complexity index is 805. The molecule has 0 radical (unpaired) electrons. The molecule has 0 aliphatic rings. The summed E-state index contributed by atoms with van der Waals surface area (Å²) in [6.45, 7) is 3.39. The average Bonchev–Trinajstić information content (AvgIpc) is 2.52. The quantitative estimate of drug-likeness (QED) is 0.735. The second-order valence-electron chi connectivity index (χ2n) is 4.65. The van der Waals surface area contributed by atoms with Gasteiger partial charge in [0.2, 0.25) is 0 Å². The lowest BCUT2D eigenvalue weighted by Crippen LogP contribution is -2.32. The molecule has 128 valence electrons. The van der Waals surface area contributed by atoms with Gasteiger partial charge in [0.1, 0.15) is 10.6 Å². The summed E-state index contributed by atoms with van der Waals surface area (Å²) in [6, 6.07) is 12.6. The molecule has 0 heterocycles. The minimum Gasteiger partial charge on any atom is -0.404 e. The lowest BCUT2D eigenvalue weighted by Gasteiger charge is -2.24. The number of sulfonamides is 1. The fourth-order valence-electron chi connectivity index (χ4n) is 2.04. The smallest absolute Gasteiger partial charge is 0.404 e. The number of para-hydroxylation sites is 2. The van der Waals surface area contributed by atoms with Crippen molar-refractivity contribution in [2.24, 2.45) is 0 Å². The molecule has 0 aliphatic carbocycles. The van der Waals surface area contributed by atoms with Crippen molar-refractivity contribution < 1.29 is 26.3 Å². The van der Waals surface area contributed by atoms with Crippen LogP contribution in [0.3, 0.4) is 0 Å². The summed E-state index contributed by atoms with van der Waals surface area (Å²) < 4.78 is 68.1. The minimum absolute atomic E-state index is 0.104. The number of halogens is 3.